The lowest BCUT2D eigenvalue weighted by atomic mass is 9.78. The zero-order valence-corrected chi connectivity index (χ0v) is 10.9. The SMILES string of the molecule is CC1CCC(N)CC1C(=O)NCC(=O)N(C)C. The summed E-state index contributed by atoms with van der Waals surface area (Å²) in [7, 11) is 3.35. The van der Waals surface area contributed by atoms with Crippen LogP contribution >= 0.6 is 0 Å². The average molecular weight is 241 g/mol. The lowest BCUT2D eigenvalue weighted by Gasteiger charge is -2.31. The van der Waals surface area contributed by atoms with Crippen LogP contribution in [0.25, 0.3) is 0 Å². The fraction of sp³-hybridized carbons (Fsp3) is 0.833. The first-order chi connectivity index (χ1) is 7.91. The molecule has 0 radical (unpaired) electrons. The maximum absolute atomic E-state index is 11.9. The van der Waals surface area contributed by atoms with Crippen LogP contribution in [0.4, 0.5) is 0 Å². The Hall–Kier alpha value is -1.10. The van der Waals surface area contributed by atoms with Crippen molar-refractivity contribution in [2.45, 2.75) is 32.2 Å². The van der Waals surface area contributed by atoms with E-state index >= 15 is 0 Å². The summed E-state index contributed by atoms with van der Waals surface area (Å²) in [4.78, 5) is 24.8. The Labute approximate surface area is 103 Å². The van der Waals surface area contributed by atoms with Crippen molar-refractivity contribution < 1.29 is 9.59 Å². The first-order valence-corrected chi connectivity index (χ1v) is 6.15. The van der Waals surface area contributed by atoms with Crippen molar-refractivity contribution in [3.05, 3.63) is 0 Å². The molecule has 2 amide bonds. The summed E-state index contributed by atoms with van der Waals surface area (Å²) < 4.78 is 0. The van der Waals surface area contributed by atoms with E-state index in [0.29, 0.717) is 5.92 Å². The fourth-order valence-corrected chi connectivity index (χ4v) is 2.17. The third-order valence-electron chi connectivity index (χ3n) is 3.49. The molecule has 1 aliphatic carbocycles. The molecule has 1 aliphatic rings. The Morgan fingerprint density at radius 2 is 2.00 bits per heavy atom. The number of carbonyl (C=O) groups is 2. The van der Waals surface area contributed by atoms with E-state index in [1.807, 2.05) is 0 Å². The summed E-state index contributed by atoms with van der Waals surface area (Å²) in [6.45, 7) is 2.15. The van der Waals surface area contributed by atoms with Gasteiger partial charge in [0.2, 0.25) is 11.8 Å². The Morgan fingerprint density at radius 1 is 1.35 bits per heavy atom. The molecule has 3 N–H and O–H groups in total. The smallest absolute Gasteiger partial charge is 0.241 e. The van der Waals surface area contributed by atoms with E-state index < -0.39 is 0 Å². The summed E-state index contributed by atoms with van der Waals surface area (Å²) in [6, 6.07) is 0.117. The van der Waals surface area contributed by atoms with Crippen molar-refractivity contribution in [3.63, 3.8) is 0 Å². The van der Waals surface area contributed by atoms with Crippen molar-refractivity contribution in [1.82, 2.24) is 10.2 Å². The zero-order chi connectivity index (χ0) is 13.0. The van der Waals surface area contributed by atoms with Crippen molar-refractivity contribution in [1.29, 1.82) is 0 Å². The van der Waals surface area contributed by atoms with E-state index in [4.69, 9.17) is 5.73 Å². The Morgan fingerprint density at radius 3 is 2.59 bits per heavy atom. The van der Waals surface area contributed by atoms with Crippen LogP contribution in [-0.2, 0) is 9.59 Å². The van der Waals surface area contributed by atoms with Gasteiger partial charge in [0.05, 0.1) is 6.54 Å². The molecule has 0 saturated heterocycles. The van der Waals surface area contributed by atoms with Crippen LogP contribution in [0, 0.1) is 11.8 Å². The van der Waals surface area contributed by atoms with Gasteiger partial charge in [-0.2, -0.15) is 0 Å². The monoisotopic (exact) mass is 241 g/mol. The summed E-state index contributed by atoms with van der Waals surface area (Å²) >= 11 is 0. The molecule has 0 aromatic carbocycles. The number of nitrogens with two attached hydrogens (primary N) is 1. The second-order valence-corrected chi connectivity index (χ2v) is 5.16. The Balaban J connectivity index is 2.43. The molecule has 1 rings (SSSR count). The number of amides is 2. The number of nitrogens with one attached hydrogen (secondary N) is 1. The van der Waals surface area contributed by atoms with Crippen LogP contribution in [0.2, 0.25) is 0 Å². The summed E-state index contributed by atoms with van der Waals surface area (Å²) in [5.74, 6) is 0.173. The van der Waals surface area contributed by atoms with Gasteiger partial charge in [-0.1, -0.05) is 6.92 Å². The third-order valence-corrected chi connectivity index (χ3v) is 3.49. The minimum absolute atomic E-state index is 0.0390. The highest BCUT2D eigenvalue weighted by atomic mass is 16.2. The standard InChI is InChI=1S/C12H23N3O2/c1-8-4-5-9(13)6-10(8)12(17)14-7-11(16)15(2)3/h8-10H,4-7,13H2,1-3H3,(H,14,17). The van der Waals surface area contributed by atoms with E-state index in [9.17, 15) is 9.59 Å². The molecule has 1 saturated carbocycles. The fourth-order valence-electron chi connectivity index (χ4n) is 2.17. The molecule has 17 heavy (non-hydrogen) atoms. The van der Waals surface area contributed by atoms with E-state index in [0.717, 1.165) is 19.3 Å². The van der Waals surface area contributed by atoms with Gasteiger partial charge in [0, 0.05) is 26.1 Å². The van der Waals surface area contributed by atoms with Crippen molar-refractivity contribution >= 4 is 11.8 Å². The van der Waals surface area contributed by atoms with Crippen LogP contribution in [-0.4, -0.2) is 43.4 Å². The minimum Gasteiger partial charge on any atom is -0.347 e. The van der Waals surface area contributed by atoms with Gasteiger partial charge in [0.15, 0.2) is 0 Å². The highest BCUT2D eigenvalue weighted by Crippen LogP contribution is 2.28. The van der Waals surface area contributed by atoms with Gasteiger partial charge in [0.1, 0.15) is 0 Å². The highest BCUT2D eigenvalue weighted by molar-refractivity contribution is 5.85. The van der Waals surface area contributed by atoms with E-state index in [-0.39, 0.29) is 30.3 Å². The molecule has 0 aromatic heterocycles. The number of likely N-dealkylation sites (N-methyl/N-ethyl adjacent to an activating group) is 1. The molecule has 0 bridgehead atoms. The van der Waals surface area contributed by atoms with Gasteiger partial charge in [-0.25, -0.2) is 0 Å². The van der Waals surface area contributed by atoms with Crippen LogP contribution in [0.5, 0.6) is 0 Å². The lowest BCUT2D eigenvalue weighted by Crippen LogP contribution is -2.44. The van der Waals surface area contributed by atoms with Crippen LogP contribution in [0.15, 0.2) is 0 Å². The molecule has 0 aromatic rings. The molecule has 98 valence electrons. The Bertz CT molecular complexity index is 291. The van der Waals surface area contributed by atoms with Gasteiger partial charge < -0.3 is 16.0 Å². The maximum atomic E-state index is 11.9. The van der Waals surface area contributed by atoms with Crippen molar-refractivity contribution in [3.8, 4) is 0 Å². The molecule has 5 nitrogen and oxygen atoms in total. The number of carbonyl (C=O) groups excluding carboxylic acids is 2. The normalized spacial score (nSPS) is 28.6. The molecular formula is C12H23N3O2. The summed E-state index contributed by atoms with van der Waals surface area (Å²) in [6.07, 6.45) is 2.70. The highest BCUT2D eigenvalue weighted by Gasteiger charge is 2.31. The predicted molar refractivity (Wildman–Crippen MR) is 66.2 cm³/mol. The minimum atomic E-state index is -0.0916. The number of rotatable bonds is 3. The molecular weight excluding hydrogens is 218 g/mol. The van der Waals surface area contributed by atoms with Gasteiger partial charge >= 0.3 is 0 Å². The first-order valence-electron chi connectivity index (χ1n) is 6.15. The van der Waals surface area contributed by atoms with Crippen LogP contribution < -0.4 is 11.1 Å². The molecule has 0 aliphatic heterocycles. The second kappa shape index (κ2) is 6.00. The van der Waals surface area contributed by atoms with Crippen LogP contribution in [0.1, 0.15) is 26.2 Å². The average Bonchev–Trinajstić information content (AvgIpc) is 2.28. The Kier molecular flexibility index (Phi) is 4.93. The van der Waals surface area contributed by atoms with E-state index in [2.05, 4.69) is 12.2 Å². The topological polar surface area (TPSA) is 75.4 Å². The van der Waals surface area contributed by atoms with Crippen LogP contribution in [0.3, 0.4) is 0 Å². The molecule has 0 heterocycles. The zero-order valence-electron chi connectivity index (χ0n) is 10.9. The number of hydrogen-bond donors (Lipinski definition) is 2. The van der Waals surface area contributed by atoms with Crippen molar-refractivity contribution in [2.24, 2.45) is 17.6 Å². The maximum Gasteiger partial charge on any atom is 0.241 e. The van der Waals surface area contributed by atoms with Gasteiger partial charge in [-0.15, -0.1) is 0 Å². The number of nitrogens with zero attached hydrogens (tertiary/aromatic N) is 1. The first kappa shape index (κ1) is 14.0. The van der Waals surface area contributed by atoms with E-state index in [1.54, 1.807) is 14.1 Å². The van der Waals surface area contributed by atoms with Crippen molar-refractivity contribution in [2.75, 3.05) is 20.6 Å². The summed E-state index contributed by atoms with van der Waals surface area (Å²) in [5.41, 5.74) is 5.87. The molecule has 5 heteroatoms. The lowest BCUT2D eigenvalue weighted by molar-refractivity contribution is -0.133. The second-order valence-electron chi connectivity index (χ2n) is 5.16. The van der Waals surface area contributed by atoms with E-state index in [1.165, 1.54) is 4.90 Å². The number of hydrogen-bond acceptors (Lipinski definition) is 3. The molecule has 3 atom stereocenters. The predicted octanol–water partition coefficient (Wildman–Crippen LogP) is -0.0457. The molecule has 0 spiro atoms. The summed E-state index contributed by atoms with van der Waals surface area (Å²) in [5, 5.41) is 2.70. The quantitative estimate of drug-likeness (QED) is 0.727. The third kappa shape index (κ3) is 4.00. The molecule has 1 fully saturated rings. The largest absolute Gasteiger partial charge is 0.347 e. The van der Waals surface area contributed by atoms with Gasteiger partial charge in [-0.3, -0.25) is 9.59 Å². The van der Waals surface area contributed by atoms with Gasteiger partial charge in [-0.05, 0) is 25.2 Å². The van der Waals surface area contributed by atoms with Gasteiger partial charge in [0.25, 0.3) is 0 Å². The molecule has 3 unspecified atom stereocenters.